The van der Waals surface area contributed by atoms with Gasteiger partial charge in [-0.15, -0.1) is 11.3 Å². The summed E-state index contributed by atoms with van der Waals surface area (Å²) < 4.78 is 0.824. The smallest absolute Gasteiger partial charge is 0.0931 e. The van der Waals surface area contributed by atoms with Crippen LogP contribution in [0.5, 0.6) is 0 Å². The SMILES string of the molecule is CCC(O)CN(C)Cc1ccc(Cl)s1. The molecule has 0 aliphatic heterocycles. The maximum atomic E-state index is 9.45. The van der Waals surface area contributed by atoms with E-state index in [1.807, 2.05) is 26.1 Å². The predicted octanol–water partition coefficient (Wildman–Crippen LogP) is 2.60. The van der Waals surface area contributed by atoms with Gasteiger partial charge in [0.25, 0.3) is 0 Å². The number of hydrogen-bond acceptors (Lipinski definition) is 3. The first-order valence-corrected chi connectivity index (χ1v) is 5.92. The monoisotopic (exact) mass is 233 g/mol. The summed E-state index contributed by atoms with van der Waals surface area (Å²) >= 11 is 7.42. The van der Waals surface area contributed by atoms with Gasteiger partial charge in [-0.3, -0.25) is 4.90 Å². The van der Waals surface area contributed by atoms with E-state index in [1.165, 1.54) is 4.88 Å². The average molecular weight is 234 g/mol. The Hall–Kier alpha value is -0.0900. The minimum Gasteiger partial charge on any atom is -0.392 e. The average Bonchev–Trinajstić information content (AvgIpc) is 2.50. The van der Waals surface area contributed by atoms with Gasteiger partial charge >= 0.3 is 0 Å². The van der Waals surface area contributed by atoms with E-state index in [9.17, 15) is 5.11 Å². The molecule has 1 heterocycles. The summed E-state index contributed by atoms with van der Waals surface area (Å²) in [7, 11) is 2.01. The highest BCUT2D eigenvalue weighted by Gasteiger charge is 2.07. The van der Waals surface area contributed by atoms with Crippen LogP contribution < -0.4 is 0 Å². The van der Waals surface area contributed by atoms with E-state index in [4.69, 9.17) is 11.6 Å². The van der Waals surface area contributed by atoms with Crippen LogP contribution in [0.15, 0.2) is 12.1 Å². The molecule has 0 aliphatic rings. The predicted molar refractivity (Wildman–Crippen MR) is 62.0 cm³/mol. The largest absolute Gasteiger partial charge is 0.392 e. The Balaban J connectivity index is 2.37. The van der Waals surface area contributed by atoms with Gasteiger partial charge < -0.3 is 5.11 Å². The van der Waals surface area contributed by atoms with Gasteiger partial charge in [0, 0.05) is 18.0 Å². The Morgan fingerprint density at radius 3 is 2.79 bits per heavy atom. The van der Waals surface area contributed by atoms with Crippen molar-refractivity contribution in [2.75, 3.05) is 13.6 Å². The van der Waals surface area contributed by atoms with Crippen LogP contribution in [-0.4, -0.2) is 29.7 Å². The summed E-state index contributed by atoms with van der Waals surface area (Å²) in [5.74, 6) is 0. The molecule has 0 spiro atoms. The van der Waals surface area contributed by atoms with E-state index in [2.05, 4.69) is 4.90 Å². The Kier molecular flexibility index (Phi) is 4.89. The van der Waals surface area contributed by atoms with Crippen LogP contribution in [0.1, 0.15) is 18.2 Å². The maximum Gasteiger partial charge on any atom is 0.0931 e. The number of nitrogens with zero attached hydrogens (tertiary/aromatic N) is 1. The van der Waals surface area contributed by atoms with Gasteiger partial charge in [0.2, 0.25) is 0 Å². The number of hydrogen-bond donors (Lipinski definition) is 1. The molecule has 0 aromatic carbocycles. The lowest BCUT2D eigenvalue weighted by molar-refractivity contribution is 0.120. The van der Waals surface area contributed by atoms with Crippen LogP contribution in [0.4, 0.5) is 0 Å². The van der Waals surface area contributed by atoms with Gasteiger partial charge in [0.1, 0.15) is 0 Å². The molecule has 0 bridgehead atoms. The fourth-order valence-electron chi connectivity index (χ4n) is 1.26. The van der Waals surface area contributed by atoms with Crippen LogP contribution in [0.3, 0.4) is 0 Å². The molecule has 0 saturated heterocycles. The van der Waals surface area contributed by atoms with Crippen molar-refractivity contribution in [1.82, 2.24) is 4.90 Å². The fourth-order valence-corrected chi connectivity index (χ4v) is 2.42. The van der Waals surface area contributed by atoms with E-state index in [1.54, 1.807) is 11.3 Å². The molecule has 1 rings (SSSR count). The summed E-state index contributed by atoms with van der Waals surface area (Å²) in [5, 5.41) is 9.45. The second kappa shape index (κ2) is 5.71. The number of aliphatic hydroxyl groups excluding tert-OH is 1. The molecule has 1 aromatic rings. The van der Waals surface area contributed by atoms with Gasteiger partial charge in [-0.05, 0) is 25.6 Å². The second-order valence-corrected chi connectivity index (χ2v) is 5.26. The fraction of sp³-hybridized carbons (Fsp3) is 0.600. The quantitative estimate of drug-likeness (QED) is 0.845. The molecule has 1 atom stereocenters. The van der Waals surface area contributed by atoms with Crippen LogP contribution in [0, 0.1) is 0 Å². The van der Waals surface area contributed by atoms with E-state index >= 15 is 0 Å². The molecule has 0 aliphatic carbocycles. The molecule has 0 amide bonds. The molecule has 80 valence electrons. The first kappa shape index (κ1) is 12.0. The molecule has 1 unspecified atom stereocenters. The molecule has 1 aromatic heterocycles. The first-order valence-electron chi connectivity index (χ1n) is 4.72. The third kappa shape index (κ3) is 3.96. The Morgan fingerprint density at radius 1 is 1.57 bits per heavy atom. The van der Waals surface area contributed by atoms with E-state index in [-0.39, 0.29) is 6.10 Å². The third-order valence-electron chi connectivity index (χ3n) is 2.05. The Labute approximate surface area is 94.1 Å². The van der Waals surface area contributed by atoms with Crippen molar-refractivity contribution in [3.63, 3.8) is 0 Å². The number of thiophene rings is 1. The van der Waals surface area contributed by atoms with E-state index in [0.29, 0.717) is 6.54 Å². The van der Waals surface area contributed by atoms with Crippen molar-refractivity contribution in [1.29, 1.82) is 0 Å². The number of likely N-dealkylation sites (N-methyl/N-ethyl adjacent to an activating group) is 1. The van der Waals surface area contributed by atoms with Crippen molar-refractivity contribution < 1.29 is 5.11 Å². The first-order chi connectivity index (χ1) is 6.61. The topological polar surface area (TPSA) is 23.5 Å². The Bertz CT molecular complexity index is 277. The highest BCUT2D eigenvalue weighted by molar-refractivity contribution is 7.16. The lowest BCUT2D eigenvalue weighted by atomic mass is 10.2. The molecule has 0 fully saturated rings. The van der Waals surface area contributed by atoms with Crippen LogP contribution in [0.2, 0.25) is 4.34 Å². The van der Waals surface area contributed by atoms with Gasteiger partial charge in [0.15, 0.2) is 0 Å². The van der Waals surface area contributed by atoms with Crippen molar-refractivity contribution in [3.8, 4) is 0 Å². The number of rotatable bonds is 5. The zero-order valence-corrected chi connectivity index (χ0v) is 10.1. The highest BCUT2D eigenvalue weighted by atomic mass is 35.5. The van der Waals surface area contributed by atoms with Gasteiger partial charge in [-0.2, -0.15) is 0 Å². The molecular formula is C10H16ClNOS. The molecule has 2 nitrogen and oxygen atoms in total. The molecular weight excluding hydrogens is 218 g/mol. The van der Waals surface area contributed by atoms with Crippen molar-refractivity contribution in [2.45, 2.75) is 26.0 Å². The summed E-state index contributed by atoms with van der Waals surface area (Å²) in [5.41, 5.74) is 0. The third-order valence-corrected chi connectivity index (χ3v) is 3.26. The molecule has 0 saturated carbocycles. The number of aliphatic hydroxyl groups is 1. The highest BCUT2D eigenvalue weighted by Crippen LogP contribution is 2.22. The molecule has 1 N–H and O–H groups in total. The normalized spacial score (nSPS) is 13.5. The molecule has 4 heteroatoms. The summed E-state index contributed by atoms with van der Waals surface area (Å²) in [6.45, 7) is 3.56. The minimum absolute atomic E-state index is 0.226. The van der Waals surface area contributed by atoms with Crippen LogP contribution in [0.25, 0.3) is 0 Å². The van der Waals surface area contributed by atoms with Crippen molar-refractivity contribution in [2.24, 2.45) is 0 Å². The van der Waals surface area contributed by atoms with Crippen molar-refractivity contribution in [3.05, 3.63) is 21.3 Å². The van der Waals surface area contributed by atoms with Crippen molar-refractivity contribution >= 4 is 22.9 Å². The van der Waals surface area contributed by atoms with Gasteiger partial charge in [0.05, 0.1) is 10.4 Å². The summed E-state index contributed by atoms with van der Waals surface area (Å²) in [6, 6.07) is 3.94. The van der Waals surface area contributed by atoms with E-state index < -0.39 is 0 Å². The lowest BCUT2D eigenvalue weighted by Crippen LogP contribution is -2.27. The second-order valence-electron chi connectivity index (χ2n) is 3.46. The van der Waals surface area contributed by atoms with Crippen LogP contribution >= 0.6 is 22.9 Å². The number of halogens is 1. The molecule has 14 heavy (non-hydrogen) atoms. The van der Waals surface area contributed by atoms with Gasteiger partial charge in [-0.1, -0.05) is 18.5 Å². The van der Waals surface area contributed by atoms with Gasteiger partial charge in [-0.25, -0.2) is 0 Å². The zero-order chi connectivity index (χ0) is 10.6. The maximum absolute atomic E-state index is 9.45. The molecule has 0 radical (unpaired) electrons. The van der Waals surface area contributed by atoms with Crippen LogP contribution in [-0.2, 0) is 6.54 Å². The standard InChI is InChI=1S/C10H16ClNOS/c1-3-8(13)6-12(2)7-9-4-5-10(11)14-9/h4-5,8,13H,3,6-7H2,1-2H3. The lowest BCUT2D eigenvalue weighted by Gasteiger charge is -2.18. The van der Waals surface area contributed by atoms with E-state index in [0.717, 1.165) is 17.3 Å². The zero-order valence-electron chi connectivity index (χ0n) is 8.53. The summed E-state index contributed by atoms with van der Waals surface area (Å²) in [4.78, 5) is 3.34. The summed E-state index contributed by atoms with van der Waals surface area (Å²) in [6.07, 6.45) is 0.575. The minimum atomic E-state index is -0.226. The Morgan fingerprint density at radius 2 is 2.29 bits per heavy atom.